The summed E-state index contributed by atoms with van der Waals surface area (Å²) in [5.41, 5.74) is 0. The van der Waals surface area contributed by atoms with E-state index in [2.05, 4.69) is 0 Å². The first-order chi connectivity index (χ1) is 12.2. The van der Waals surface area contributed by atoms with Gasteiger partial charge in [0, 0.05) is 38.9 Å². The van der Waals surface area contributed by atoms with Crippen molar-refractivity contribution in [2.24, 2.45) is 0 Å². The molecule has 3 rings (SSSR count). The summed E-state index contributed by atoms with van der Waals surface area (Å²) in [5, 5.41) is 0. The van der Waals surface area contributed by atoms with Crippen LogP contribution in [0.4, 0.5) is 17.6 Å². The van der Waals surface area contributed by atoms with Crippen LogP contribution in [-0.4, -0.2) is 62.4 Å². The summed E-state index contributed by atoms with van der Waals surface area (Å²) in [4.78, 5) is 12.0. The molecule has 0 radical (unpaired) electrons. The van der Waals surface area contributed by atoms with E-state index in [4.69, 9.17) is 4.74 Å². The molecule has 0 aliphatic carbocycles. The minimum absolute atomic E-state index is 0.0149. The normalized spacial score (nSPS) is 22.0. The Hall–Kier alpha value is -1.72. The van der Waals surface area contributed by atoms with E-state index in [1.807, 2.05) is 0 Å². The second kappa shape index (κ2) is 7.12. The summed E-state index contributed by atoms with van der Waals surface area (Å²) in [5.74, 6) is -7.80. The number of hydrogen-bond acceptors (Lipinski definition) is 4. The Morgan fingerprint density at radius 1 is 1.04 bits per heavy atom. The van der Waals surface area contributed by atoms with Gasteiger partial charge in [-0.2, -0.15) is 4.31 Å². The molecule has 11 heteroatoms. The number of sulfonamides is 1. The quantitative estimate of drug-likeness (QED) is 0.570. The zero-order valence-corrected chi connectivity index (χ0v) is 14.4. The topological polar surface area (TPSA) is 66.9 Å². The molecule has 0 spiro atoms. The summed E-state index contributed by atoms with van der Waals surface area (Å²) in [6, 6.07) is -0.0537. The largest absolute Gasteiger partial charge is 0.368 e. The van der Waals surface area contributed by atoms with E-state index in [0.29, 0.717) is 17.3 Å². The molecule has 1 amide bonds. The van der Waals surface area contributed by atoms with E-state index < -0.39 is 44.3 Å². The third-order valence-electron chi connectivity index (χ3n) is 4.42. The number of amides is 1. The number of carbonyl (C=O) groups is 1. The lowest BCUT2D eigenvalue weighted by Gasteiger charge is -2.35. The van der Waals surface area contributed by atoms with Crippen LogP contribution in [0.1, 0.15) is 12.8 Å². The third kappa shape index (κ3) is 3.30. The fourth-order valence-electron chi connectivity index (χ4n) is 3.03. The van der Waals surface area contributed by atoms with Gasteiger partial charge in [-0.25, -0.2) is 26.0 Å². The molecule has 0 saturated carbocycles. The first-order valence-corrected chi connectivity index (χ1v) is 9.41. The average molecular weight is 396 g/mol. The minimum atomic E-state index is -4.80. The van der Waals surface area contributed by atoms with Crippen LogP contribution >= 0.6 is 0 Å². The second-order valence-corrected chi connectivity index (χ2v) is 7.90. The summed E-state index contributed by atoms with van der Waals surface area (Å²) < 4.78 is 85.2. The van der Waals surface area contributed by atoms with Crippen molar-refractivity contribution in [3.63, 3.8) is 0 Å². The summed E-state index contributed by atoms with van der Waals surface area (Å²) in [6.45, 7) is -0.0536. The van der Waals surface area contributed by atoms with Crippen LogP contribution in [0.25, 0.3) is 0 Å². The maximum Gasteiger partial charge on any atom is 0.251 e. The Balaban J connectivity index is 1.78. The number of nitrogens with zero attached hydrogens (tertiary/aromatic N) is 2. The van der Waals surface area contributed by atoms with Crippen LogP contribution in [0.15, 0.2) is 11.0 Å². The fraction of sp³-hybridized carbons (Fsp3) is 0.533. The van der Waals surface area contributed by atoms with Crippen LogP contribution < -0.4 is 0 Å². The molecule has 0 unspecified atom stereocenters. The van der Waals surface area contributed by atoms with E-state index in [9.17, 15) is 30.8 Å². The molecule has 6 nitrogen and oxygen atoms in total. The number of rotatable bonds is 3. The van der Waals surface area contributed by atoms with E-state index >= 15 is 0 Å². The Labute approximate surface area is 147 Å². The predicted molar refractivity (Wildman–Crippen MR) is 80.6 cm³/mol. The van der Waals surface area contributed by atoms with E-state index in [1.165, 1.54) is 4.90 Å². The van der Waals surface area contributed by atoms with Crippen molar-refractivity contribution in [2.75, 3.05) is 32.8 Å². The molecule has 2 heterocycles. The highest BCUT2D eigenvalue weighted by atomic mass is 32.2. The maximum atomic E-state index is 13.8. The number of benzene rings is 1. The van der Waals surface area contributed by atoms with E-state index in [0.717, 1.165) is 6.42 Å². The Bertz CT molecular complexity index is 793. The number of hydrogen-bond donors (Lipinski definition) is 0. The maximum absolute atomic E-state index is 13.8. The summed E-state index contributed by atoms with van der Waals surface area (Å²) in [6.07, 6.45) is 0.774. The number of halogens is 4. The average Bonchev–Trinajstić information content (AvgIpc) is 3.14. The molecule has 2 fully saturated rings. The highest BCUT2D eigenvalue weighted by Gasteiger charge is 2.38. The third-order valence-corrected chi connectivity index (χ3v) is 6.34. The highest BCUT2D eigenvalue weighted by molar-refractivity contribution is 7.89. The molecular formula is C15H16F4N2O4S. The second-order valence-electron chi connectivity index (χ2n) is 6.03. The fourth-order valence-corrected chi connectivity index (χ4v) is 4.58. The molecule has 0 bridgehead atoms. The van der Waals surface area contributed by atoms with Crippen LogP contribution in [-0.2, 0) is 19.6 Å². The lowest BCUT2D eigenvalue weighted by Crippen LogP contribution is -2.53. The molecule has 2 aliphatic rings. The standard InChI is InChI=1S/C15H16F4N2O4S/c16-9-8-10(17)13(19)14(12(9)18)26(23,24)21-5-3-20(4-6-21)15(22)11-2-1-7-25-11/h8,11H,1-7H2/t11-/m0/s1. The Morgan fingerprint density at radius 3 is 2.12 bits per heavy atom. The number of carbonyl (C=O) groups excluding carboxylic acids is 1. The van der Waals surface area contributed by atoms with Crippen molar-refractivity contribution in [1.29, 1.82) is 0 Å². The van der Waals surface area contributed by atoms with Crippen LogP contribution in [0.2, 0.25) is 0 Å². The van der Waals surface area contributed by atoms with Gasteiger partial charge in [-0.15, -0.1) is 0 Å². The predicted octanol–water partition coefficient (Wildman–Crippen LogP) is 1.25. The summed E-state index contributed by atoms with van der Waals surface area (Å²) in [7, 11) is -4.80. The van der Waals surface area contributed by atoms with Gasteiger partial charge in [-0.3, -0.25) is 4.79 Å². The molecule has 2 aliphatic heterocycles. The monoisotopic (exact) mass is 396 g/mol. The Morgan fingerprint density at radius 2 is 1.62 bits per heavy atom. The van der Waals surface area contributed by atoms with Crippen molar-refractivity contribution >= 4 is 15.9 Å². The van der Waals surface area contributed by atoms with Crippen molar-refractivity contribution in [3.8, 4) is 0 Å². The van der Waals surface area contributed by atoms with Gasteiger partial charge in [-0.1, -0.05) is 0 Å². The van der Waals surface area contributed by atoms with Crippen LogP contribution in [0.3, 0.4) is 0 Å². The Kier molecular flexibility index (Phi) is 5.22. The van der Waals surface area contributed by atoms with E-state index in [-0.39, 0.29) is 38.2 Å². The molecule has 1 aromatic rings. The van der Waals surface area contributed by atoms with Crippen LogP contribution in [0, 0.1) is 23.3 Å². The number of piperazine rings is 1. The van der Waals surface area contributed by atoms with Gasteiger partial charge in [0.2, 0.25) is 10.0 Å². The van der Waals surface area contributed by atoms with E-state index in [1.54, 1.807) is 0 Å². The molecule has 144 valence electrons. The van der Waals surface area contributed by atoms with Crippen molar-refractivity contribution in [2.45, 2.75) is 23.8 Å². The zero-order valence-electron chi connectivity index (χ0n) is 13.6. The molecule has 0 aromatic heterocycles. The zero-order chi connectivity index (χ0) is 19.1. The van der Waals surface area contributed by atoms with Crippen LogP contribution in [0.5, 0.6) is 0 Å². The highest BCUT2D eigenvalue weighted by Crippen LogP contribution is 2.27. The summed E-state index contributed by atoms with van der Waals surface area (Å²) >= 11 is 0. The first-order valence-electron chi connectivity index (χ1n) is 7.97. The molecule has 1 aromatic carbocycles. The minimum Gasteiger partial charge on any atom is -0.368 e. The number of ether oxygens (including phenoxy) is 1. The van der Waals surface area contributed by atoms with Gasteiger partial charge < -0.3 is 9.64 Å². The van der Waals surface area contributed by atoms with Crippen molar-refractivity contribution < 1.29 is 35.5 Å². The van der Waals surface area contributed by atoms with Gasteiger partial charge in [-0.05, 0) is 12.8 Å². The van der Waals surface area contributed by atoms with Crippen molar-refractivity contribution in [1.82, 2.24) is 9.21 Å². The molecule has 1 atom stereocenters. The molecule has 2 saturated heterocycles. The van der Waals surface area contributed by atoms with Gasteiger partial charge in [0.25, 0.3) is 5.91 Å². The lowest BCUT2D eigenvalue weighted by atomic mass is 10.2. The molecule has 0 N–H and O–H groups in total. The van der Waals surface area contributed by atoms with Gasteiger partial charge >= 0.3 is 0 Å². The SMILES string of the molecule is O=C([C@@H]1CCCO1)N1CCN(S(=O)(=O)c2c(F)c(F)cc(F)c2F)CC1. The smallest absolute Gasteiger partial charge is 0.251 e. The molecule has 26 heavy (non-hydrogen) atoms. The first kappa shape index (κ1) is 19.1. The van der Waals surface area contributed by atoms with Gasteiger partial charge in [0.05, 0.1) is 0 Å². The lowest BCUT2D eigenvalue weighted by molar-refractivity contribution is -0.142. The molecular weight excluding hydrogens is 380 g/mol. The van der Waals surface area contributed by atoms with Gasteiger partial charge in [0.1, 0.15) is 6.10 Å². The van der Waals surface area contributed by atoms with Crippen molar-refractivity contribution in [3.05, 3.63) is 29.3 Å². The van der Waals surface area contributed by atoms with Gasteiger partial charge in [0.15, 0.2) is 28.2 Å².